The minimum Gasteiger partial charge on any atom is -0.466 e. The molecule has 0 fully saturated rings. The van der Waals surface area contributed by atoms with Crippen molar-refractivity contribution < 1.29 is 27.2 Å². The van der Waals surface area contributed by atoms with Gasteiger partial charge in [-0.25, -0.2) is 23.1 Å². The van der Waals surface area contributed by atoms with Gasteiger partial charge in [0.25, 0.3) is 18.2 Å². The molecule has 3 aromatic rings. The second-order valence-corrected chi connectivity index (χ2v) is 10.1. The molecule has 0 saturated carbocycles. The van der Waals surface area contributed by atoms with Crippen molar-refractivity contribution in [3.05, 3.63) is 59.4 Å². The molecule has 0 aliphatic carbocycles. The highest BCUT2D eigenvalue weighted by atomic mass is 32.2. The van der Waals surface area contributed by atoms with Crippen LogP contribution in [0, 0.1) is 12.7 Å². The van der Waals surface area contributed by atoms with E-state index in [0.29, 0.717) is 5.82 Å². The van der Waals surface area contributed by atoms with Gasteiger partial charge in [0, 0.05) is 11.3 Å². The fourth-order valence-electron chi connectivity index (χ4n) is 3.79. The van der Waals surface area contributed by atoms with Crippen molar-refractivity contribution in [2.24, 2.45) is 10.7 Å². The third-order valence-electron chi connectivity index (χ3n) is 5.43. The summed E-state index contributed by atoms with van der Waals surface area (Å²) in [7, 11) is 0. The average Bonchev–Trinajstić information content (AvgIpc) is 3.23. The Labute approximate surface area is 207 Å². The molecular weight excluding hydrogens is 499 g/mol. The monoisotopic (exact) mass is 521 g/mol. The number of carbonyl (C=O) groups excluding carboxylic acids is 1. The minimum atomic E-state index is -2.71. The Morgan fingerprint density at radius 1 is 1.31 bits per heavy atom. The number of carbonyl (C=O) groups is 1. The highest BCUT2D eigenvalue weighted by Crippen LogP contribution is 2.48. The first-order valence-electron chi connectivity index (χ1n) is 10.7. The van der Waals surface area contributed by atoms with Crippen molar-refractivity contribution >= 4 is 28.5 Å². The number of nitrogens with one attached hydrogen (secondary N) is 1. The van der Waals surface area contributed by atoms with E-state index in [-0.39, 0.29) is 46.9 Å². The summed E-state index contributed by atoms with van der Waals surface area (Å²) in [6.45, 7) is 4.54. The number of rotatable bonds is 7. The van der Waals surface area contributed by atoms with Crippen LogP contribution in [0.3, 0.4) is 0 Å². The lowest BCUT2D eigenvalue weighted by atomic mass is 9.83. The second kappa shape index (κ2) is 9.76. The normalized spacial score (nSPS) is 21.8. The van der Waals surface area contributed by atoms with Gasteiger partial charge in [0.1, 0.15) is 11.5 Å². The summed E-state index contributed by atoms with van der Waals surface area (Å²) in [5.41, 5.74) is 4.68. The second-order valence-electron chi connectivity index (χ2n) is 8.53. The van der Waals surface area contributed by atoms with Crippen LogP contribution in [0.5, 0.6) is 5.88 Å². The fraction of sp³-hybridized carbons (Fsp3) is 0.364. The van der Waals surface area contributed by atoms with Crippen LogP contribution in [0.15, 0.2) is 40.1 Å². The van der Waals surface area contributed by atoms with Gasteiger partial charge in [0.05, 0.1) is 22.7 Å². The zero-order valence-corrected chi connectivity index (χ0v) is 20.3. The van der Waals surface area contributed by atoms with Crippen LogP contribution < -0.4 is 15.8 Å². The van der Waals surface area contributed by atoms with Gasteiger partial charge in [-0.05, 0) is 45.4 Å². The quantitative estimate of drug-likeness (QED) is 0.474. The van der Waals surface area contributed by atoms with E-state index in [1.807, 2.05) is 0 Å². The Balaban J connectivity index is 1.48. The van der Waals surface area contributed by atoms with Gasteiger partial charge in [-0.1, -0.05) is 16.9 Å². The van der Waals surface area contributed by atoms with Gasteiger partial charge in [0.2, 0.25) is 5.88 Å². The third kappa shape index (κ3) is 5.42. The van der Waals surface area contributed by atoms with Crippen LogP contribution in [-0.2, 0) is 12.1 Å². The number of nitrogens with zero attached hydrogens (tertiary/aromatic N) is 5. The van der Waals surface area contributed by atoms with E-state index < -0.39 is 28.4 Å². The highest BCUT2D eigenvalue weighted by molar-refractivity contribution is 8.15. The molecule has 1 amide bonds. The van der Waals surface area contributed by atoms with E-state index >= 15 is 0 Å². The van der Waals surface area contributed by atoms with E-state index in [2.05, 4.69) is 30.4 Å². The molecular formula is C22H22F3N7O3S. The van der Waals surface area contributed by atoms with Gasteiger partial charge in [-0.2, -0.15) is 4.98 Å². The molecule has 1 aliphatic heterocycles. The van der Waals surface area contributed by atoms with E-state index in [1.54, 1.807) is 6.92 Å². The number of hydrogen-bond donors (Lipinski definition) is 2. The summed E-state index contributed by atoms with van der Waals surface area (Å²) >= 11 is 0.764. The summed E-state index contributed by atoms with van der Waals surface area (Å²) in [5, 5.41) is 6.18. The molecule has 2 atom stereocenters. The number of nitrogens with two attached hydrogens (primary N) is 1. The van der Waals surface area contributed by atoms with Gasteiger partial charge in [0.15, 0.2) is 17.6 Å². The minimum absolute atomic E-state index is 0.0195. The summed E-state index contributed by atoms with van der Waals surface area (Å²) in [6.07, 6.45) is -0.415. The van der Waals surface area contributed by atoms with Gasteiger partial charge in [-0.15, -0.1) is 0 Å². The number of aryl methyl sites for hydroxylation is 1. The summed E-state index contributed by atoms with van der Waals surface area (Å²) in [4.78, 5) is 29.0. The summed E-state index contributed by atoms with van der Waals surface area (Å²) < 4.78 is 51.0. The maximum atomic E-state index is 14.8. The maximum absolute atomic E-state index is 14.8. The number of aliphatic imine (C=N–C) groups is 1. The van der Waals surface area contributed by atoms with E-state index in [0.717, 1.165) is 17.8 Å². The Hall–Kier alpha value is -3.68. The van der Waals surface area contributed by atoms with Crippen LogP contribution in [-0.4, -0.2) is 42.4 Å². The average molecular weight is 522 g/mol. The molecule has 10 nitrogen and oxygen atoms in total. The van der Waals surface area contributed by atoms with Crippen LogP contribution >= 0.6 is 11.8 Å². The van der Waals surface area contributed by atoms with Crippen molar-refractivity contribution in [1.29, 1.82) is 0 Å². The van der Waals surface area contributed by atoms with Crippen molar-refractivity contribution in [2.45, 2.75) is 50.5 Å². The zero-order valence-electron chi connectivity index (χ0n) is 19.5. The number of ether oxygens (including phenoxy) is 1. The van der Waals surface area contributed by atoms with Gasteiger partial charge in [-0.3, -0.25) is 9.79 Å². The molecule has 1 aromatic carbocycles. The van der Waals surface area contributed by atoms with Crippen molar-refractivity contribution in [3.63, 3.8) is 0 Å². The third-order valence-corrected chi connectivity index (χ3v) is 6.52. The number of anilines is 1. The fourth-order valence-corrected chi connectivity index (χ4v) is 4.96. The Morgan fingerprint density at radius 2 is 2.08 bits per heavy atom. The molecule has 0 spiro atoms. The number of alkyl halides is 2. The predicted octanol–water partition coefficient (Wildman–Crippen LogP) is 3.83. The number of thioether (sulfide) groups is 1. The number of hydrogen-bond acceptors (Lipinski definition) is 10. The molecule has 4 rings (SSSR count). The van der Waals surface area contributed by atoms with Crippen molar-refractivity contribution in [1.82, 2.24) is 20.1 Å². The van der Waals surface area contributed by atoms with Crippen LogP contribution in [0.2, 0.25) is 0 Å². The molecule has 0 radical (unpaired) electrons. The molecule has 0 unspecified atom stereocenters. The largest absolute Gasteiger partial charge is 0.466 e. The molecule has 1 aliphatic rings. The molecule has 14 heteroatoms. The zero-order chi connectivity index (χ0) is 26.1. The molecule has 3 N–H and O–H groups in total. The predicted molar refractivity (Wildman–Crippen MR) is 125 cm³/mol. The lowest BCUT2D eigenvalue weighted by Gasteiger charge is -2.40. The molecule has 36 heavy (non-hydrogen) atoms. The number of halogens is 3. The number of benzene rings is 1. The van der Waals surface area contributed by atoms with Gasteiger partial charge < -0.3 is 20.3 Å². The van der Waals surface area contributed by atoms with E-state index in [4.69, 9.17) is 15.0 Å². The summed E-state index contributed by atoms with van der Waals surface area (Å²) in [6, 6.07) is 3.82. The molecule has 2 aromatic heterocycles. The van der Waals surface area contributed by atoms with Crippen LogP contribution in [0.4, 0.5) is 18.9 Å². The topological polar surface area (TPSA) is 141 Å². The van der Waals surface area contributed by atoms with Crippen LogP contribution in [0.1, 0.15) is 48.0 Å². The first kappa shape index (κ1) is 25.4. The SMILES string of the molecule is Cc1noc(COc2cnc(C(=O)Nc3ccc(F)c([C@]4(C)C[C@](C)(C(F)F)SC(N)=N4)c3)cn2)n1. The van der Waals surface area contributed by atoms with Crippen molar-refractivity contribution in [3.8, 4) is 5.88 Å². The molecule has 3 heterocycles. The molecule has 0 saturated heterocycles. The molecule has 190 valence electrons. The number of amidine groups is 1. The van der Waals surface area contributed by atoms with Crippen LogP contribution in [0.25, 0.3) is 0 Å². The Bertz CT molecular complexity index is 1300. The maximum Gasteiger partial charge on any atom is 0.275 e. The standard InChI is InChI=1S/C22H22F3N7O3S/c1-11-29-17(35-32-11)9-34-16-8-27-15(7-28-16)18(33)30-12-4-5-14(23)13(6-12)21(2)10-22(3,19(24)25)36-20(26)31-21/h4-8,19H,9-10H2,1-3H3,(H2,26,31)(H,30,33)/t21-,22+/m0/s1. The molecule has 0 bridgehead atoms. The number of aromatic nitrogens is 4. The Kier molecular flexibility index (Phi) is 6.89. The lowest BCUT2D eigenvalue weighted by molar-refractivity contribution is 0.0893. The Morgan fingerprint density at radius 3 is 2.72 bits per heavy atom. The smallest absolute Gasteiger partial charge is 0.275 e. The summed E-state index contributed by atoms with van der Waals surface area (Å²) in [5.74, 6) is -0.428. The first-order chi connectivity index (χ1) is 17.0. The number of amides is 1. The van der Waals surface area contributed by atoms with Gasteiger partial charge >= 0.3 is 0 Å². The lowest BCUT2D eigenvalue weighted by Crippen LogP contribution is -2.44. The van der Waals surface area contributed by atoms with E-state index in [1.165, 1.54) is 38.4 Å². The van der Waals surface area contributed by atoms with E-state index in [9.17, 15) is 18.0 Å². The first-order valence-corrected chi connectivity index (χ1v) is 11.5. The highest BCUT2D eigenvalue weighted by Gasteiger charge is 2.48. The van der Waals surface area contributed by atoms with Crippen molar-refractivity contribution in [2.75, 3.05) is 5.32 Å².